The molecule has 0 aliphatic rings. The molecule has 1 aromatic carbocycles. The average Bonchev–Trinajstić information content (AvgIpc) is 2.71. The lowest BCUT2D eigenvalue weighted by atomic mass is 10.0. The zero-order chi connectivity index (χ0) is 20.5. The van der Waals surface area contributed by atoms with Crippen LogP contribution in [0.2, 0.25) is 0 Å². The molecule has 0 bridgehead atoms. The Hall–Kier alpha value is -0.920. The standard InChI is InChI=1S/C24H41O3P/c1-3-5-7-8-9-10-11-12-13-14-15-21-17-19-22(20-18-21)26-24(25)23(27-28)16-6-4-2/h17-20,23H,3-16,28H2,1-2H3. The number of esters is 1. The van der Waals surface area contributed by atoms with Gasteiger partial charge in [0.2, 0.25) is 0 Å². The molecule has 28 heavy (non-hydrogen) atoms. The van der Waals surface area contributed by atoms with Crippen LogP contribution < -0.4 is 4.74 Å². The summed E-state index contributed by atoms with van der Waals surface area (Å²) in [5.74, 6) is 0.284. The van der Waals surface area contributed by atoms with Crippen molar-refractivity contribution in [3.63, 3.8) is 0 Å². The van der Waals surface area contributed by atoms with Crippen LogP contribution in [0.15, 0.2) is 24.3 Å². The number of aryl methyl sites for hydroxylation is 1. The van der Waals surface area contributed by atoms with Gasteiger partial charge in [-0.15, -0.1) is 0 Å². The van der Waals surface area contributed by atoms with E-state index in [9.17, 15) is 4.79 Å². The van der Waals surface area contributed by atoms with E-state index in [2.05, 4.69) is 35.4 Å². The number of unbranched alkanes of at least 4 members (excludes halogenated alkanes) is 10. The Morgan fingerprint density at radius 1 is 0.821 bits per heavy atom. The summed E-state index contributed by atoms with van der Waals surface area (Å²) >= 11 is 0. The van der Waals surface area contributed by atoms with Crippen molar-refractivity contribution < 1.29 is 14.1 Å². The summed E-state index contributed by atoms with van der Waals surface area (Å²) in [6.45, 7) is 4.36. The van der Waals surface area contributed by atoms with Gasteiger partial charge in [-0.2, -0.15) is 0 Å². The second-order valence-corrected chi connectivity index (χ2v) is 8.04. The van der Waals surface area contributed by atoms with E-state index >= 15 is 0 Å². The van der Waals surface area contributed by atoms with Gasteiger partial charge < -0.3 is 9.26 Å². The van der Waals surface area contributed by atoms with E-state index < -0.39 is 6.10 Å². The van der Waals surface area contributed by atoms with Crippen LogP contribution in [-0.4, -0.2) is 12.1 Å². The first-order chi connectivity index (χ1) is 13.7. The van der Waals surface area contributed by atoms with Crippen molar-refractivity contribution in [1.82, 2.24) is 0 Å². The fourth-order valence-corrected chi connectivity index (χ4v) is 3.60. The van der Waals surface area contributed by atoms with Crippen molar-refractivity contribution in [3.8, 4) is 5.75 Å². The first kappa shape index (κ1) is 25.1. The predicted molar refractivity (Wildman–Crippen MR) is 122 cm³/mol. The summed E-state index contributed by atoms with van der Waals surface area (Å²) in [6.07, 6.45) is 16.9. The lowest BCUT2D eigenvalue weighted by Crippen LogP contribution is -2.26. The molecule has 0 aromatic heterocycles. The molecular weight excluding hydrogens is 367 g/mol. The van der Waals surface area contributed by atoms with Gasteiger partial charge in [-0.05, 0) is 37.0 Å². The monoisotopic (exact) mass is 408 g/mol. The van der Waals surface area contributed by atoms with Gasteiger partial charge in [-0.25, -0.2) is 4.79 Å². The molecule has 0 aliphatic carbocycles. The van der Waals surface area contributed by atoms with Crippen LogP contribution in [0.5, 0.6) is 5.75 Å². The maximum absolute atomic E-state index is 12.1. The molecule has 0 radical (unpaired) electrons. The van der Waals surface area contributed by atoms with Gasteiger partial charge in [0, 0.05) is 9.47 Å². The fraction of sp³-hybridized carbons (Fsp3) is 0.708. The van der Waals surface area contributed by atoms with Crippen molar-refractivity contribution in [1.29, 1.82) is 0 Å². The molecule has 0 aliphatic heterocycles. The van der Waals surface area contributed by atoms with E-state index in [-0.39, 0.29) is 5.97 Å². The highest BCUT2D eigenvalue weighted by molar-refractivity contribution is 7.09. The van der Waals surface area contributed by atoms with Gasteiger partial charge in [-0.3, -0.25) is 0 Å². The molecule has 0 saturated carbocycles. The maximum atomic E-state index is 12.1. The van der Waals surface area contributed by atoms with Crippen molar-refractivity contribution in [2.75, 3.05) is 0 Å². The Morgan fingerprint density at radius 3 is 1.89 bits per heavy atom. The number of benzene rings is 1. The zero-order valence-electron chi connectivity index (χ0n) is 18.1. The van der Waals surface area contributed by atoms with Crippen molar-refractivity contribution in [3.05, 3.63) is 29.8 Å². The second kappa shape index (κ2) is 17.0. The number of ether oxygens (including phenoxy) is 1. The van der Waals surface area contributed by atoms with Crippen LogP contribution in [0.3, 0.4) is 0 Å². The zero-order valence-corrected chi connectivity index (χ0v) is 19.2. The summed E-state index contributed by atoms with van der Waals surface area (Å²) in [6, 6.07) is 7.92. The second-order valence-electron chi connectivity index (χ2n) is 7.76. The summed E-state index contributed by atoms with van der Waals surface area (Å²) in [7, 11) is 2.18. The highest BCUT2D eigenvalue weighted by Crippen LogP contribution is 2.18. The van der Waals surface area contributed by atoms with E-state index in [1.165, 1.54) is 69.8 Å². The molecule has 3 nitrogen and oxygen atoms in total. The number of hydrogen-bond acceptors (Lipinski definition) is 3. The van der Waals surface area contributed by atoms with Gasteiger partial charge >= 0.3 is 5.97 Å². The van der Waals surface area contributed by atoms with Gasteiger partial charge in [0.1, 0.15) is 5.75 Å². The highest BCUT2D eigenvalue weighted by atomic mass is 31.0. The van der Waals surface area contributed by atoms with E-state index in [1.807, 2.05) is 12.1 Å². The van der Waals surface area contributed by atoms with Crippen LogP contribution in [0.4, 0.5) is 0 Å². The van der Waals surface area contributed by atoms with Crippen molar-refractivity contribution in [2.45, 2.75) is 110 Å². The van der Waals surface area contributed by atoms with Crippen LogP contribution in [0, 0.1) is 0 Å². The van der Waals surface area contributed by atoms with Crippen LogP contribution in [-0.2, 0) is 15.7 Å². The van der Waals surface area contributed by atoms with Gasteiger partial charge in [0.25, 0.3) is 0 Å². The number of rotatable bonds is 17. The third-order valence-electron chi connectivity index (χ3n) is 5.21. The Morgan fingerprint density at radius 2 is 1.36 bits per heavy atom. The summed E-state index contributed by atoms with van der Waals surface area (Å²) in [4.78, 5) is 12.1. The van der Waals surface area contributed by atoms with Crippen LogP contribution >= 0.6 is 9.47 Å². The Bertz CT molecular complexity index is 501. The lowest BCUT2D eigenvalue weighted by Gasteiger charge is -2.13. The Labute approximate surface area is 175 Å². The molecule has 0 saturated heterocycles. The first-order valence-electron chi connectivity index (χ1n) is 11.4. The smallest absolute Gasteiger partial charge is 0.340 e. The van der Waals surface area contributed by atoms with E-state index in [0.29, 0.717) is 12.2 Å². The molecule has 0 heterocycles. The molecular formula is C24H41O3P. The third-order valence-corrected chi connectivity index (χ3v) is 5.54. The molecule has 0 amide bonds. The van der Waals surface area contributed by atoms with Gasteiger partial charge in [-0.1, -0.05) is 96.6 Å². The molecule has 0 N–H and O–H groups in total. The number of carbonyl (C=O) groups excluding carboxylic acids is 1. The number of hydrogen-bond donors (Lipinski definition) is 0. The SMILES string of the molecule is CCCCCCCCCCCCc1ccc(OC(=O)C(CCCC)OP)cc1. The minimum Gasteiger partial charge on any atom is -0.425 e. The molecule has 160 valence electrons. The van der Waals surface area contributed by atoms with E-state index in [0.717, 1.165) is 19.3 Å². The Balaban J connectivity index is 2.16. The van der Waals surface area contributed by atoms with E-state index in [1.54, 1.807) is 0 Å². The summed E-state index contributed by atoms with van der Waals surface area (Å²) in [5, 5.41) is 0. The molecule has 4 heteroatoms. The average molecular weight is 409 g/mol. The van der Waals surface area contributed by atoms with Gasteiger partial charge in [0.05, 0.1) is 0 Å². The molecule has 0 spiro atoms. The van der Waals surface area contributed by atoms with Gasteiger partial charge in [0.15, 0.2) is 6.10 Å². The summed E-state index contributed by atoms with van der Waals surface area (Å²) in [5.41, 5.74) is 1.31. The summed E-state index contributed by atoms with van der Waals surface area (Å²) < 4.78 is 10.6. The van der Waals surface area contributed by atoms with Crippen molar-refractivity contribution in [2.24, 2.45) is 0 Å². The molecule has 2 unspecified atom stereocenters. The van der Waals surface area contributed by atoms with Crippen LogP contribution in [0.25, 0.3) is 0 Å². The molecule has 1 rings (SSSR count). The topological polar surface area (TPSA) is 35.5 Å². The molecule has 0 fully saturated rings. The first-order valence-corrected chi connectivity index (χ1v) is 11.8. The minimum atomic E-state index is -0.503. The fourth-order valence-electron chi connectivity index (χ4n) is 3.35. The Kier molecular flexibility index (Phi) is 15.2. The normalized spacial score (nSPS) is 12.1. The lowest BCUT2D eigenvalue weighted by molar-refractivity contribution is -0.142. The third kappa shape index (κ3) is 11.8. The number of carbonyl (C=O) groups is 1. The highest BCUT2D eigenvalue weighted by Gasteiger charge is 2.19. The quantitative estimate of drug-likeness (QED) is 0.116. The minimum absolute atomic E-state index is 0.314. The van der Waals surface area contributed by atoms with Crippen molar-refractivity contribution >= 4 is 15.4 Å². The molecule has 2 atom stereocenters. The molecule has 1 aromatic rings. The largest absolute Gasteiger partial charge is 0.425 e. The van der Waals surface area contributed by atoms with E-state index in [4.69, 9.17) is 9.26 Å². The predicted octanol–water partition coefficient (Wildman–Crippen LogP) is 7.42. The van der Waals surface area contributed by atoms with Crippen LogP contribution in [0.1, 0.15) is 103 Å². The maximum Gasteiger partial charge on any atom is 0.340 e.